The number of anilines is 1. The van der Waals surface area contributed by atoms with Crippen molar-refractivity contribution in [1.82, 2.24) is 14.6 Å². The molecule has 2 aromatic carbocycles. The van der Waals surface area contributed by atoms with Crippen LogP contribution in [0.25, 0.3) is 16.6 Å². The summed E-state index contributed by atoms with van der Waals surface area (Å²) in [5.41, 5.74) is 5.27. The smallest absolute Gasteiger partial charge is 0.225 e. The molecule has 2 heterocycles. The first-order valence-corrected chi connectivity index (χ1v) is 11.4. The lowest BCUT2D eigenvalue weighted by atomic mass is 10.1. The van der Waals surface area contributed by atoms with Gasteiger partial charge in [-0.1, -0.05) is 55.4 Å². The van der Waals surface area contributed by atoms with Crippen LogP contribution in [0.5, 0.6) is 0 Å². The molecule has 0 saturated carbocycles. The summed E-state index contributed by atoms with van der Waals surface area (Å²) in [6, 6.07) is 18.5. The van der Waals surface area contributed by atoms with Crippen LogP contribution in [0.2, 0.25) is 0 Å². The number of hydrogen-bond acceptors (Lipinski definition) is 4. The van der Waals surface area contributed by atoms with Gasteiger partial charge in [-0.05, 0) is 55.2 Å². The van der Waals surface area contributed by atoms with Crippen LogP contribution < -0.4 is 5.32 Å². The highest BCUT2D eigenvalue weighted by atomic mass is 32.2. The van der Waals surface area contributed by atoms with Crippen LogP contribution in [-0.4, -0.2) is 26.3 Å². The molecule has 0 aliphatic rings. The highest BCUT2D eigenvalue weighted by molar-refractivity contribution is 7.99. The quantitative estimate of drug-likeness (QED) is 0.375. The molecule has 1 amide bonds. The van der Waals surface area contributed by atoms with Crippen molar-refractivity contribution in [2.75, 3.05) is 11.1 Å². The van der Waals surface area contributed by atoms with E-state index >= 15 is 0 Å². The van der Waals surface area contributed by atoms with E-state index in [2.05, 4.69) is 64.1 Å². The largest absolute Gasteiger partial charge is 0.326 e. The minimum Gasteiger partial charge on any atom is -0.326 e. The van der Waals surface area contributed by atoms with Gasteiger partial charge < -0.3 is 5.32 Å². The predicted molar refractivity (Wildman–Crippen MR) is 124 cm³/mol. The van der Waals surface area contributed by atoms with Gasteiger partial charge in [0.05, 0.1) is 5.52 Å². The Hall–Kier alpha value is -2.86. The summed E-state index contributed by atoms with van der Waals surface area (Å²) in [4.78, 5) is 12.4. The van der Waals surface area contributed by atoms with Gasteiger partial charge in [0.1, 0.15) is 0 Å². The molecule has 0 aliphatic carbocycles. The van der Waals surface area contributed by atoms with Gasteiger partial charge in [-0.25, -0.2) is 0 Å². The standard InChI is InChI=1S/C24H26N4OS/c1-3-4-7-18-10-12-19(13-11-18)25-23(29)14-15-30-24-27-26-22-16-17(2)20-8-5-6-9-21(20)28(22)24/h5-6,8-13,16H,3-4,7,14-15H2,1-2H3,(H,25,29). The lowest BCUT2D eigenvalue weighted by molar-refractivity contribution is -0.115. The number of pyridine rings is 1. The van der Waals surface area contributed by atoms with E-state index in [4.69, 9.17) is 0 Å². The summed E-state index contributed by atoms with van der Waals surface area (Å²) < 4.78 is 2.07. The summed E-state index contributed by atoms with van der Waals surface area (Å²) in [6.07, 6.45) is 3.88. The van der Waals surface area contributed by atoms with Gasteiger partial charge >= 0.3 is 0 Å². The summed E-state index contributed by atoms with van der Waals surface area (Å²) >= 11 is 1.56. The predicted octanol–water partition coefficient (Wildman–Crippen LogP) is 5.65. The first-order valence-electron chi connectivity index (χ1n) is 10.4. The number of rotatable bonds is 8. The maximum absolute atomic E-state index is 12.4. The molecular weight excluding hydrogens is 392 g/mol. The van der Waals surface area contributed by atoms with Crippen molar-refractivity contribution in [2.24, 2.45) is 0 Å². The van der Waals surface area contributed by atoms with E-state index in [0.717, 1.165) is 28.4 Å². The third kappa shape index (κ3) is 4.49. The van der Waals surface area contributed by atoms with Gasteiger partial charge in [0.2, 0.25) is 5.91 Å². The fraction of sp³-hybridized carbons (Fsp3) is 0.292. The first kappa shape index (κ1) is 20.4. The van der Waals surface area contributed by atoms with Crippen LogP contribution in [0.4, 0.5) is 5.69 Å². The van der Waals surface area contributed by atoms with Gasteiger partial charge in [-0.15, -0.1) is 10.2 Å². The highest BCUT2D eigenvalue weighted by Gasteiger charge is 2.12. The molecule has 5 nitrogen and oxygen atoms in total. The Balaban J connectivity index is 1.38. The molecule has 6 heteroatoms. The molecule has 0 fully saturated rings. The molecule has 0 bridgehead atoms. The van der Waals surface area contributed by atoms with E-state index in [-0.39, 0.29) is 5.91 Å². The van der Waals surface area contributed by atoms with Gasteiger partial charge in [-0.2, -0.15) is 0 Å². The Morgan fingerprint density at radius 1 is 1.10 bits per heavy atom. The molecule has 0 atom stereocenters. The van der Waals surface area contributed by atoms with Crippen molar-refractivity contribution in [3.8, 4) is 0 Å². The monoisotopic (exact) mass is 418 g/mol. The number of amides is 1. The minimum atomic E-state index is 0.0123. The Morgan fingerprint density at radius 3 is 2.70 bits per heavy atom. The Morgan fingerprint density at radius 2 is 1.90 bits per heavy atom. The number of para-hydroxylation sites is 1. The van der Waals surface area contributed by atoms with Gasteiger partial charge in [-0.3, -0.25) is 9.20 Å². The molecule has 0 unspecified atom stereocenters. The molecule has 0 saturated heterocycles. The van der Waals surface area contributed by atoms with E-state index < -0.39 is 0 Å². The van der Waals surface area contributed by atoms with Crippen molar-refractivity contribution in [3.63, 3.8) is 0 Å². The molecule has 0 spiro atoms. The first-order chi connectivity index (χ1) is 14.7. The zero-order valence-corrected chi connectivity index (χ0v) is 18.2. The Kier molecular flexibility index (Phi) is 6.33. The zero-order valence-electron chi connectivity index (χ0n) is 17.4. The highest BCUT2D eigenvalue weighted by Crippen LogP contribution is 2.26. The maximum atomic E-state index is 12.4. The summed E-state index contributed by atoms with van der Waals surface area (Å²) in [5.74, 6) is 0.655. The molecule has 0 radical (unpaired) electrons. The molecule has 4 aromatic rings. The average molecular weight is 419 g/mol. The maximum Gasteiger partial charge on any atom is 0.225 e. The second-order valence-corrected chi connectivity index (χ2v) is 8.53. The van der Waals surface area contributed by atoms with Crippen molar-refractivity contribution in [2.45, 2.75) is 44.7 Å². The number of aryl methyl sites for hydroxylation is 2. The number of carbonyl (C=O) groups is 1. The second-order valence-electron chi connectivity index (χ2n) is 7.47. The molecular formula is C24H26N4OS. The lowest BCUT2D eigenvalue weighted by Crippen LogP contribution is -2.12. The second kappa shape index (κ2) is 9.30. The van der Waals surface area contributed by atoms with Crippen LogP contribution in [0, 0.1) is 6.92 Å². The van der Waals surface area contributed by atoms with Crippen LogP contribution in [-0.2, 0) is 11.2 Å². The van der Waals surface area contributed by atoms with E-state index in [1.165, 1.54) is 29.4 Å². The number of benzene rings is 2. The minimum absolute atomic E-state index is 0.0123. The van der Waals surface area contributed by atoms with Crippen molar-refractivity contribution in [1.29, 1.82) is 0 Å². The SMILES string of the molecule is CCCCc1ccc(NC(=O)CCSc2nnc3cc(C)c4ccccc4n23)cc1. The Bertz CT molecular complexity index is 1170. The van der Waals surface area contributed by atoms with Gasteiger partial charge in [0.15, 0.2) is 10.8 Å². The fourth-order valence-electron chi connectivity index (χ4n) is 3.56. The van der Waals surface area contributed by atoms with Crippen LogP contribution in [0.1, 0.15) is 37.3 Å². The number of aromatic nitrogens is 3. The molecule has 4 rings (SSSR count). The van der Waals surface area contributed by atoms with Gasteiger partial charge in [0, 0.05) is 23.2 Å². The van der Waals surface area contributed by atoms with Gasteiger partial charge in [0.25, 0.3) is 0 Å². The molecule has 2 aromatic heterocycles. The molecule has 30 heavy (non-hydrogen) atoms. The molecule has 154 valence electrons. The Labute approximate surface area is 180 Å². The third-order valence-corrected chi connectivity index (χ3v) is 6.12. The van der Waals surface area contributed by atoms with E-state index in [9.17, 15) is 4.79 Å². The zero-order chi connectivity index (χ0) is 20.9. The van der Waals surface area contributed by atoms with Crippen molar-refractivity contribution in [3.05, 3.63) is 65.7 Å². The third-order valence-electron chi connectivity index (χ3n) is 5.19. The lowest BCUT2D eigenvalue weighted by Gasteiger charge is -2.08. The van der Waals surface area contributed by atoms with E-state index in [1.807, 2.05) is 24.3 Å². The average Bonchev–Trinajstić information content (AvgIpc) is 3.16. The van der Waals surface area contributed by atoms with E-state index in [1.54, 1.807) is 11.8 Å². The number of carbonyl (C=O) groups excluding carboxylic acids is 1. The normalized spacial score (nSPS) is 11.3. The fourth-order valence-corrected chi connectivity index (χ4v) is 4.45. The van der Waals surface area contributed by atoms with Crippen molar-refractivity contribution >= 4 is 39.9 Å². The number of thioether (sulfide) groups is 1. The topological polar surface area (TPSA) is 59.3 Å². The van der Waals surface area contributed by atoms with E-state index in [0.29, 0.717) is 12.2 Å². The van der Waals surface area contributed by atoms with Crippen LogP contribution in [0.15, 0.2) is 59.8 Å². The summed E-state index contributed by atoms with van der Waals surface area (Å²) in [6.45, 7) is 4.28. The van der Waals surface area contributed by atoms with Crippen LogP contribution >= 0.6 is 11.8 Å². The summed E-state index contributed by atoms with van der Waals surface area (Å²) in [5, 5.41) is 13.6. The molecule has 0 aliphatic heterocycles. The number of hydrogen-bond donors (Lipinski definition) is 1. The summed E-state index contributed by atoms with van der Waals surface area (Å²) in [7, 11) is 0. The number of fused-ring (bicyclic) bond motifs is 3. The molecule has 1 N–H and O–H groups in total. The van der Waals surface area contributed by atoms with Crippen LogP contribution in [0.3, 0.4) is 0 Å². The number of nitrogens with one attached hydrogen (secondary N) is 1. The number of unbranched alkanes of at least 4 members (excludes halogenated alkanes) is 1. The van der Waals surface area contributed by atoms with Crippen molar-refractivity contribution < 1.29 is 4.79 Å². The number of nitrogens with zero attached hydrogens (tertiary/aromatic N) is 3.